The molecule has 1 N–H and O–H groups in total. The summed E-state index contributed by atoms with van der Waals surface area (Å²) in [5, 5.41) is 3.89. The molecule has 3 aromatic rings. The maximum absolute atomic E-state index is 14.0. The maximum atomic E-state index is 14.0. The van der Waals surface area contributed by atoms with Gasteiger partial charge in [0.1, 0.15) is 6.04 Å². The van der Waals surface area contributed by atoms with Crippen molar-refractivity contribution in [3.63, 3.8) is 0 Å². The van der Waals surface area contributed by atoms with E-state index in [1.807, 2.05) is 74.5 Å². The van der Waals surface area contributed by atoms with Crippen LogP contribution < -0.4 is 5.32 Å². The molecule has 0 saturated heterocycles. The van der Waals surface area contributed by atoms with Gasteiger partial charge in [0.05, 0.1) is 6.42 Å². The summed E-state index contributed by atoms with van der Waals surface area (Å²) >= 11 is 6.54. The molecule has 0 heterocycles. The van der Waals surface area contributed by atoms with Crippen molar-refractivity contribution in [3.05, 3.63) is 106 Å². The highest BCUT2D eigenvalue weighted by Gasteiger charge is 2.32. The fourth-order valence-electron chi connectivity index (χ4n) is 5.16. The lowest BCUT2D eigenvalue weighted by molar-refractivity contribution is -0.141. The second-order valence-electron chi connectivity index (χ2n) is 10.3. The molecule has 0 radical (unpaired) electrons. The van der Waals surface area contributed by atoms with Crippen LogP contribution >= 0.6 is 11.6 Å². The highest BCUT2D eigenvalue weighted by molar-refractivity contribution is 6.31. The Hall–Kier alpha value is -3.11. The fourth-order valence-corrected chi connectivity index (χ4v) is 5.36. The first kappa shape index (κ1) is 26.9. The van der Waals surface area contributed by atoms with Gasteiger partial charge in [0.2, 0.25) is 11.8 Å². The van der Waals surface area contributed by atoms with E-state index in [0.29, 0.717) is 11.4 Å². The Balaban J connectivity index is 1.68. The van der Waals surface area contributed by atoms with Gasteiger partial charge in [0.25, 0.3) is 0 Å². The fraction of sp³-hybridized carbons (Fsp3) is 0.375. The van der Waals surface area contributed by atoms with Gasteiger partial charge in [-0.1, -0.05) is 103 Å². The molecular formula is C32H37ClN2O2. The average Bonchev–Trinajstić information content (AvgIpc) is 2.90. The number of nitrogens with one attached hydrogen (secondary N) is 1. The van der Waals surface area contributed by atoms with Crippen LogP contribution in [0.25, 0.3) is 0 Å². The number of hydrogen-bond acceptors (Lipinski definition) is 2. The predicted molar refractivity (Wildman–Crippen MR) is 151 cm³/mol. The van der Waals surface area contributed by atoms with E-state index in [9.17, 15) is 9.59 Å². The van der Waals surface area contributed by atoms with Gasteiger partial charge in [-0.3, -0.25) is 9.59 Å². The lowest BCUT2D eigenvalue weighted by Gasteiger charge is -2.34. The lowest BCUT2D eigenvalue weighted by atomic mass is 9.94. The molecule has 1 aliphatic carbocycles. The summed E-state index contributed by atoms with van der Waals surface area (Å²) in [4.78, 5) is 29.6. The first-order chi connectivity index (χ1) is 17.9. The minimum absolute atomic E-state index is 0.0756. The molecule has 1 atom stereocenters. The first-order valence-electron chi connectivity index (χ1n) is 13.3. The zero-order valence-corrected chi connectivity index (χ0v) is 22.6. The smallest absolute Gasteiger partial charge is 0.243 e. The van der Waals surface area contributed by atoms with Crippen LogP contribution in [0.3, 0.4) is 0 Å². The van der Waals surface area contributed by atoms with E-state index in [0.717, 1.165) is 53.5 Å². The summed E-state index contributed by atoms with van der Waals surface area (Å²) in [6.45, 7) is 4.33. The highest BCUT2D eigenvalue weighted by atomic mass is 35.5. The number of amides is 2. The van der Waals surface area contributed by atoms with Gasteiger partial charge < -0.3 is 10.2 Å². The highest BCUT2D eigenvalue weighted by Crippen LogP contribution is 2.23. The molecule has 4 rings (SSSR count). The van der Waals surface area contributed by atoms with Crippen LogP contribution in [-0.2, 0) is 29.0 Å². The Labute approximate surface area is 226 Å². The van der Waals surface area contributed by atoms with Gasteiger partial charge in [-0.25, -0.2) is 0 Å². The molecule has 3 aromatic carbocycles. The third-order valence-electron chi connectivity index (χ3n) is 7.37. The third kappa shape index (κ3) is 7.45. The molecule has 0 bridgehead atoms. The van der Waals surface area contributed by atoms with Crippen LogP contribution in [0.5, 0.6) is 0 Å². The number of hydrogen-bond donors (Lipinski definition) is 1. The minimum Gasteiger partial charge on any atom is -0.352 e. The molecule has 0 aliphatic heterocycles. The molecule has 1 saturated carbocycles. The van der Waals surface area contributed by atoms with Crippen LogP contribution in [0.1, 0.15) is 59.9 Å². The zero-order valence-electron chi connectivity index (χ0n) is 21.9. The van der Waals surface area contributed by atoms with E-state index in [1.165, 1.54) is 6.42 Å². The topological polar surface area (TPSA) is 49.4 Å². The Morgan fingerprint density at radius 3 is 2.35 bits per heavy atom. The van der Waals surface area contributed by atoms with E-state index < -0.39 is 6.04 Å². The standard InChI is InChI=1S/C32H37ClN2O2/c1-23-17-18-24(2)27(19-23)21-31(36)35(22-26-13-9-10-16-29(26)33)30(20-25-11-5-3-6-12-25)32(37)34-28-14-7-4-8-15-28/h3,5-6,9-13,16-19,28,30H,4,7-8,14-15,20-22H2,1-2H3,(H,34,37). The van der Waals surface area contributed by atoms with Crippen molar-refractivity contribution in [1.29, 1.82) is 0 Å². The Morgan fingerprint density at radius 2 is 1.62 bits per heavy atom. The van der Waals surface area contributed by atoms with Gasteiger partial charge >= 0.3 is 0 Å². The number of nitrogens with zero attached hydrogens (tertiary/aromatic N) is 1. The van der Waals surface area contributed by atoms with Crippen molar-refractivity contribution < 1.29 is 9.59 Å². The third-order valence-corrected chi connectivity index (χ3v) is 7.74. The number of carbonyl (C=O) groups is 2. The van der Waals surface area contributed by atoms with Crippen LogP contribution in [0.2, 0.25) is 5.02 Å². The molecule has 0 spiro atoms. The van der Waals surface area contributed by atoms with Crippen LogP contribution in [-0.4, -0.2) is 28.8 Å². The van der Waals surface area contributed by atoms with Gasteiger partial charge in [0.15, 0.2) is 0 Å². The molecule has 1 fully saturated rings. The van der Waals surface area contributed by atoms with E-state index in [4.69, 9.17) is 11.6 Å². The van der Waals surface area contributed by atoms with Crippen molar-refractivity contribution in [1.82, 2.24) is 10.2 Å². The van der Waals surface area contributed by atoms with Gasteiger partial charge in [0, 0.05) is 24.0 Å². The average molecular weight is 517 g/mol. The SMILES string of the molecule is Cc1ccc(C)c(CC(=O)N(Cc2ccccc2Cl)C(Cc2ccccc2)C(=O)NC2CCCCC2)c1. The van der Waals surface area contributed by atoms with Crippen molar-refractivity contribution in [3.8, 4) is 0 Å². The van der Waals surface area contributed by atoms with Crippen LogP contribution in [0.15, 0.2) is 72.8 Å². The summed E-state index contributed by atoms with van der Waals surface area (Å²) in [5.74, 6) is -0.162. The summed E-state index contributed by atoms with van der Waals surface area (Å²) in [7, 11) is 0. The predicted octanol–water partition coefficient (Wildman–Crippen LogP) is 6.59. The zero-order chi connectivity index (χ0) is 26.2. The molecule has 1 aliphatic rings. The molecule has 1 unspecified atom stereocenters. The monoisotopic (exact) mass is 516 g/mol. The lowest BCUT2D eigenvalue weighted by Crippen LogP contribution is -2.53. The molecular weight excluding hydrogens is 480 g/mol. The van der Waals surface area contributed by atoms with E-state index >= 15 is 0 Å². The van der Waals surface area contributed by atoms with Gasteiger partial charge in [-0.15, -0.1) is 0 Å². The number of benzene rings is 3. The number of rotatable bonds is 9. The number of carbonyl (C=O) groups excluding carboxylic acids is 2. The van der Waals surface area contributed by atoms with Crippen molar-refractivity contribution >= 4 is 23.4 Å². The Bertz CT molecular complexity index is 1200. The molecule has 0 aromatic heterocycles. The van der Waals surface area contributed by atoms with E-state index in [-0.39, 0.29) is 30.8 Å². The van der Waals surface area contributed by atoms with Crippen molar-refractivity contribution in [2.24, 2.45) is 0 Å². The summed E-state index contributed by atoms with van der Waals surface area (Å²) in [5.41, 5.74) is 5.03. The maximum Gasteiger partial charge on any atom is 0.243 e. The van der Waals surface area contributed by atoms with E-state index in [1.54, 1.807) is 4.90 Å². The van der Waals surface area contributed by atoms with E-state index in [2.05, 4.69) is 17.4 Å². The van der Waals surface area contributed by atoms with Crippen molar-refractivity contribution in [2.75, 3.05) is 0 Å². The molecule has 37 heavy (non-hydrogen) atoms. The minimum atomic E-state index is -0.641. The van der Waals surface area contributed by atoms with Crippen LogP contribution in [0.4, 0.5) is 0 Å². The normalized spacial score (nSPS) is 14.7. The summed E-state index contributed by atoms with van der Waals surface area (Å²) < 4.78 is 0. The number of aryl methyl sites for hydroxylation is 2. The number of halogens is 1. The van der Waals surface area contributed by atoms with Gasteiger partial charge in [-0.05, 0) is 55.0 Å². The molecule has 2 amide bonds. The Kier molecular flexibility index (Phi) is 9.40. The largest absolute Gasteiger partial charge is 0.352 e. The van der Waals surface area contributed by atoms with Crippen molar-refractivity contribution in [2.45, 2.75) is 77.4 Å². The second-order valence-corrected chi connectivity index (χ2v) is 10.7. The second kappa shape index (κ2) is 12.9. The quantitative estimate of drug-likeness (QED) is 0.349. The van der Waals surface area contributed by atoms with Gasteiger partial charge in [-0.2, -0.15) is 0 Å². The molecule has 194 valence electrons. The first-order valence-corrected chi connectivity index (χ1v) is 13.7. The Morgan fingerprint density at radius 1 is 0.919 bits per heavy atom. The van der Waals surface area contributed by atoms with Crippen LogP contribution in [0, 0.1) is 13.8 Å². The summed E-state index contributed by atoms with van der Waals surface area (Å²) in [6, 6.07) is 23.2. The molecule has 5 heteroatoms. The molecule has 4 nitrogen and oxygen atoms in total. The summed E-state index contributed by atoms with van der Waals surface area (Å²) in [6.07, 6.45) is 6.14.